The van der Waals surface area contributed by atoms with Gasteiger partial charge in [-0.1, -0.05) is 30.3 Å². The van der Waals surface area contributed by atoms with Crippen molar-refractivity contribution in [2.75, 3.05) is 6.61 Å². The number of nitrogens with zero attached hydrogens (tertiary/aromatic N) is 1. The highest BCUT2D eigenvalue weighted by atomic mass is 16.5. The zero-order valence-electron chi connectivity index (χ0n) is 15.0. The maximum absolute atomic E-state index is 12.7. The molecule has 28 heavy (non-hydrogen) atoms. The molecule has 0 saturated heterocycles. The Bertz CT molecular complexity index is 1120. The van der Waals surface area contributed by atoms with E-state index in [4.69, 9.17) is 15.5 Å². The highest BCUT2D eigenvalue weighted by Crippen LogP contribution is 2.37. The number of aromatic nitrogens is 1. The minimum absolute atomic E-state index is 0.206. The molecule has 1 aliphatic carbocycles. The average molecular weight is 374 g/mol. The van der Waals surface area contributed by atoms with Crippen molar-refractivity contribution in [1.29, 1.82) is 0 Å². The molecule has 0 saturated carbocycles. The number of rotatable bonds is 4. The molecule has 1 aliphatic rings. The van der Waals surface area contributed by atoms with Gasteiger partial charge in [-0.15, -0.1) is 0 Å². The predicted molar refractivity (Wildman–Crippen MR) is 106 cm³/mol. The number of benzene rings is 2. The first-order valence-electron chi connectivity index (χ1n) is 8.90. The second-order valence-corrected chi connectivity index (χ2v) is 6.63. The number of pyridine rings is 1. The van der Waals surface area contributed by atoms with E-state index in [0.717, 1.165) is 28.8 Å². The standard InChI is InChI=1S/C22H18N2O4/c23-19(26)12-28-22(27)20-16-3-1-2-4-18(16)24-21-14(7-10-17(20)21)11-13-5-8-15(25)9-6-13/h1-6,8-9,11,25H,7,10,12H2,(H2,23,26). The first-order chi connectivity index (χ1) is 13.5. The molecule has 4 rings (SSSR count). The molecular weight excluding hydrogens is 356 g/mol. The lowest BCUT2D eigenvalue weighted by molar-refractivity contribution is -0.121. The lowest BCUT2D eigenvalue weighted by atomic mass is 10.0. The Labute approximate surface area is 161 Å². The number of allylic oxidation sites excluding steroid dienone is 1. The van der Waals surface area contributed by atoms with Crippen molar-refractivity contribution in [3.63, 3.8) is 0 Å². The number of phenolic OH excluding ortho intramolecular Hbond substituents is 1. The van der Waals surface area contributed by atoms with Gasteiger partial charge in [-0.3, -0.25) is 4.79 Å². The van der Waals surface area contributed by atoms with E-state index in [1.54, 1.807) is 12.1 Å². The van der Waals surface area contributed by atoms with Crippen LogP contribution >= 0.6 is 0 Å². The van der Waals surface area contributed by atoms with Gasteiger partial charge in [0.05, 0.1) is 16.8 Å². The number of para-hydroxylation sites is 1. The fraction of sp³-hybridized carbons (Fsp3) is 0.136. The third kappa shape index (κ3) is 3.32. The van der Waals surface area contributed by atoms with Crippen LogP contribution in [-0.2, 0) is 16.0 Å². The van der Waals surface area contributed by atoms with E-state index in [-0.39, 0.29) is 5.75 Å². The minimum atomic E-state index is -0.698. The average Bonchev–Trinajstić information content (AvgIpc) is 3.08. The van der Waals surface area contributed by atoms with Crippen LogP contribution in [0.15, 0.2) is 48.5 Å². The molecule has 2 aromatic carbocycles. The number of carbonyl (C=O) groups is 2. The SMILES string of the molecule is NC(=O)COC(=O)c1c2c(nc3ccccc13)C(=Cc1ccc(O)cc1)CC2. The number of fused-ring (bicyclic) bond motifs is 2. The number of amides is 1. The van der Waals surface area contributed by atoms with Gasteiger partial charge in [0.25, 0.3) is 5.91 Å². The van der Waals surface area contributed by atoms with Crippen LogP contribution in [0.25, 0.3) is 22.6 Å². The zero-order chi connectivity index (χ0) is 19.7. The number of aromatic hydroxyl groups is 1. The summed E-state index contributed by atoms with van der Waals surface area (Å²) in [5.74, 6) is -1.06. The number of hydrogen-bond acceptors (Lipinski definition) is 5. The minimum Gasteiger partial charge on any atom is -0.508 e. The molecule has 0 bridgehead atoms. The van der Waals surface area contributed by atoms with Crippen molar-refractivity contribution in [2.24, 2.45) is 5.73 Å². The number of ether oxygens (including phenoxy) is 1. The normalized spacial score (nSPS) is 14.2. The summed E-state index contributed by atoms with van der Waals surface area (Å²) in [7, 11) is 0. The van der Waals surface area contributed by atoms with Gasteiger partial charge in [-0.2, -0.15) is 0 Å². The molecule has 0 fully saturated rings. The molecule has 0 aliphatic heterocycles. The Hall–Kier alpha value is -3.67. The summed E-state index contributed by atoms with van der Waals surface area (Å²) >= 11 is 0. The summed E-state index contributed by atoms with van der Waals surface area (Å²) in [5.41, 5.74) is 9.76. The van der Waals surface area contributed by atoms with Crippen LogP contribution in [0, 0.1) is 0 Å². The molecule has 0 atom stereocenters. The van der Waals surface area contributed by atoms with Crippen LogP contribution < -0.4 is 5.73 Å². The first-order valence-corrected chi connectivity index (χ1v) is 8.90. The highest BCUT2D eigenvalue weighted by Gasteiger charge is 2.27. The third-order valence-electron chi connectivity index (χ3n) is 4.73. The molecule has 1 heterocycles. The Kier molecular flexibility index (Phi) is 4.53. The van der Waals surface area contributed by atoms with E-state index in [0.29, 0.717) is 22.9 Å². The smallest absolute Gasteiger partial charge is 0.339 e. The molecule has 3 N–H and O–H groups in total. The number of nitrogens with two attached hydrogens (primary N) is 1. The van der Waals surface area contributed by atoms with Crippen molar-refractivity contribution >= 4 is 34.4 Å². The number of esters is 1. The monoisotopic (exact) mass is 374 g/mol. The molecule has 140 valence electrons. The van der Waals surface area contributed by atoms with Crippen LogP contribution in [-0.4, -0.2) is 28.6 Å². The first kappa shape index (κ1) is 17.7. The summed E-state index contributed by atoms with van der Waals surface area (Å²) in [6, 6.07) is 14.3. The number of phenols is 1. The Morgan fingerprint density at radius 3 is 2.61 bits per heavy atom. The topological polar surface area (TPSA) is 103 Å². The molecule has 0 spiro atoms. The Balaban J connectivity index is 1.83. The summed E-state index contributed by atoms with van der Waals surface area (Å²) in [4.78, 5) is 28.5. The Morgan fingerprint density at radius 2 is 1.86 bits per heavy atom. The van der Waals surface area contributed by atoms with Crippen molar-refractivity contribution in [2.45, 2.75) is 12.8 Å². The molecule has 1 aromatic heterocycles. The quantitative estimate of drug-likeness (QED) is 0.683. The van der Waals surface area contributed by atoms with Gasteiger partial charge >= 0.3 is 5.97 Å². The molecular formula is C22H18N2O4. The van der Waals surface area contributed by atoms with E-state index in [1.165, 1.54) is 0 Å². The summed E-state index contributed by atoms with van der Waals surface area (Å²) in [5, 5.41) is 10.2. The molecule has 3 aromatic rings. The largest absolute Gasteiger partial charge is 0.508 e. The van der Waals surface area contributed by atoms with Gasteiger partial charge < -0.3 is 15.6 Å². The van der Waals surface area contributed by atoms with E-state index in [2.05, 4.69) is 0 Å². The molecule has 1 amide bonds. The maximum atomic E-state index is 12.7. The van der Waals surface area contributed by atoms with E-state index >= 15 is 0 Å². The van der Waals surface area contributed by atoms with Crippen molar-refractivity contribution in [1.82, 2.24) is 4.98 Å². The van der Waals surface area contributed by atoms with Gasteiger partial charge in [0.2, 0.25) is 0 Å². The van der Waals surface area contributed by atoms with Crippen molar-refractivity contribution in [3.8, 4) is 5.75 Å². The van der Waals surface area contributed by atoms with E-state index < -0.39 is 18.5 Å². The van der Waals surface area contributed by atoms with Crippen LogP contribution in [0.1, 0.15) is 33.6 Å². The van der Waals surface area contributed by atoms with Gasteiger partial charge in [-0.25, -0.2) is 9.78 Å². The van der Waals surface area contributed by atoms with E-state index in [9.17, 15) is 14.7 Å². The molecule has 0 radical (unpaired) electrons. The number of carbonyl (C=O) groups excluding carboxylic acids is 2. The van der Waals surface area contributed by atoms with Gasteiger partial charge in [0.15, 0.2) is 6.61 Å². The predicted octanol–water partition coefficient (Wildman–Crippen LogP) is 3.07. The van der Waals surface area contributed by atoms with Crippen LogP contribution in [0.5, 0.6) is 5.75 Å². The summed E-state index contributed by atoms with van der Waals surface area (Å²) in [6.45, 7) is -0.458. The molecule has 6 nitrogen and oxygen atoms in total. The molecule has 6 heteroatoms. The zero-order valence-corrected chi connectivity index (χ0v) is 15.0. The lowest BCUT2D eigenvalue weighted by Crippen LogP contribution is -2.21. The second-order valence-electron chi connectivity index (χ2n) is 6.63. The van der Waals surface area contributed by atoms with Crippen molar-refractivity contribution in [3.05, 3.63) is 70.9 Å². The van der Waals surface area contributed by atoms with Crippen LogP contribution in [0.2, 0.25) is 0 Å². The van der Waals surface area contributed by atoms with E-state index in [1.807, 2.05) is 42.5 Å². The second kappa shape index (κ2) is 7.15. The maximum Gasteiger partial charge on any atom is 0.339 e. The van der Waals surface area contributed by atoms with Crippen molar-refractivity contribution < 1.29 is 19.4 Å². The Morgan fingerprint density at radius 1 is 1.11 bits per heavy atom. The fourth-order valence-electron chi connectivity index (χ4n) is 3.49. The third-order valence-corrected chi connectivity index (χ3v) is 4.73. The summed E-state index contributed by atoms with van der Waals surface area (Å²) < 4.78 is 5.10. The fourth-order valence-corrected chi connectivity index (χ4v) is 3.49. The summed E-state index contributed by atoms with van der Waals surface area (Å²) in [6.07, 6.45) is 3.39. The van der Waals surface area contributed by atoms with Crippen LogP contribution in [0.4, 0.5) is 0 Å². The highest BCUT2D eigenvalue weighted by molar-refractivity contribution is 6.07. The number of primary amides is 1. The van der Waals surface area contributed by atoms with Gasteiger partial charge in [0.1, 0.15) is 5.75 Å². The molecule has 0 unspecified atom stereocenters. The van der Waals surface area contributed by atoms with Gasteiger partial charge in [0, 0.05) is 5.39 Å². The van der Waals surface area contributed by atoms with Crippen LogP contribution in [0.3, 0.4) is 0 Å². The lowest BCUT2D eigenvalue weighted by Gasteiger charge is -2.11. The number of hydrogen-bond donors (Lipinski definition) is 2. The van der Waals surface area contributed by atoms with Gasteiger partial charge in [-0.05, 0) is 53.8 Å².